The van der Waals surface area contributed by atoms with Gasteiger partial charge in [-0.25, -0.2) is 18.2 Å². The first-order valence-corrected chi connectivity index (χ1v) is 5.16. The Balaban J connectivity index is 2.82. The molecule has 1 aromatic heterocycles. The van der Waals surface area contributed by atoms with E-state index in [2.05, 4.69) is 10.3 Å². The molecule has 1 aromatic carbocycles. The van der Waals surface area contributed by atoms with Crippen LogP contribution in [0.1, 0.15) is 12.1 Å². The number of nitrogens with one attached hydrogen (secondary N) is 1. The molecule has 2 nitrogen and oxygen atoms in total. The molecule has 0 aliphatic heterocycles. The van der Waals surface area contributed by atoms with Crippen molar-refractivity contribution in [2.75, 3.05) is 12.4 Å². The van der Waals surface area contributed by atoms with Crippen LogP contribution in [0.3, 0.4) is 0 Å². The Hall–Kier alpha value is -1.49. The van der Waals surface area contributed by atoms with Gasteiger partial charge in [0.2, 0.25) is 0 Å². The summed E-state index contributed by atoms with van der Waals surface area (Å²) in [4.78, 5) is 3.74. The minimum absolute atomic E-state index is 0.0130. The number of halogens is 4. The van der Waals surface area contributed by atoms with E-state index in [1.54, 1.807) is 7.05 Å². The standard InChI is InChI=1S/C11H8ClF3N2/c1-16-8-4-9(11(14)15)17-10-6(8)2-5(13)3-7(10)12/h2-4,11H,1H3,(H,16,17). The molecule has 17 heavy (non-hydrogen) atoms. The summed E-state index contributed by atoms with van der Waals surface area (Å²) in [5, 5.41) is 3.11. The maximum absolute atomic E-state index is 13.2. The predicted octanol–water partition coefficient (Wildman–Crippen LogP) is 4.01. The summed E-state index contributed by atoms with van der Waals surface area (Å²) in [6.45, 7) is 0. The molecule has 0 unspecified atom stereocenters. The summed E-state index contributed by atoms with van der Waals surface area (Å²) in [6, 6.07) is 3.43. The molecule has 1 N–H and O–H groups in total. The highest BCUT2D eigenvalue weighted by atomic mass is 35.5. The van der Waals surface area contributed by atoms with Gasteiger partial charge in [-0.2, -0.15) is 0 Å². The van der Waals surface area contributed by atoms with Crippen LogP contribution in [0.2, 0.25) is 5.02 Å². The van der Waals surface area contributed by atoms with E-state index in [4.69, 9.17) is 11.6 Å². The van der Waals surface area contributed by atoms with Crippen LogP contribution in [0.25, 0.3) is 10.9 Å². The van der Waals surface area contributed by atoms with Crippen LogP contribution in [-0.4, -0.2) is 12.0 Å². The number of anilines is 1. The van der Waals surface area contributed by atoms with Crippen molar-refractivity contribution >= 4 is 28.2 Å². The Morgan fingerprint density at radius 1 is 1.29 bits per heavy atom. The average Bonchev–Trinajstić information content (AvgIpc) is 2.27. The maximum atomic E-state index is 13.2. The van der Waals surface area contributed by atoms with Gasteiger partial charge in [0.25, 0.3) is 6.43 Å². The fourth-order valence-corrected chi connectivity index (χ4v) is 1.84. The maximum Gasteiger partial charge on any atom is 0.280 e. The molecule has 0 atom stereocenters. The lowest BCUT2D eigenvalue weighted by molar-refractivity contribution is 0.146. The summed E-state index contributed by atoms with van der Waals surface area (Å²) in [6.07, 6.45) is -2.70. The number of nitrogens with zero attached hydrogens (tertiary/aromatic N) is 1. The largest absolute Gasteiger partial charge is 0.388 e. The summed E-state index contributed by atoms with van der Waals surface area (Å²) >= 11 is 5.79. The molecule has 0 amide bonds. The van der Waals surface area contributed by atoms with Gasteiger partial charge in [-0.15, -0.1) is 0 Å². The van der Waals surface area contributed by atoms with Gasteiger partial charge in [0.05, 0.1) is 10.5 Å². The van der Waals surface area contributed by atoms with E-state index in [0.717, 1.165) is 6.07 Å². The van der Waals surface area contributed by atoms with Gasteiger partial charge in [-0.1, -0.05) is 11.6 Å². The van der Waals surface area contributed by atoms with Crippen molar-refractivity contribution in [2.45, 2.75) is 6.43 Å². The minimum Gasteiger partial charge on any atom is -0.388 e. The van der Waals surface area contributed by atoms with Gasteiger partial charge in [0.15, 0.2) is 0 Å². The zero-order chi connectivity index (χ0) is 12.6. The number of benzene rings is 1. The predicted molar refractivity (Wildman–Crippen MR) is 61.2 cm³/mol. The molecule has 0 saturated heterocycles. The van der Waals surface area contributed by atoms with E-state index in [-0.39, 0.29) is 10.5 Å². The summed E-state index contributed by atoms with van der Waals surface area (Å²) in [7, 11) is 1.56. The third-order valence-electron chi connectivity index (χ3n) is 2.34. The number of alkyl halides is 2. The van der Waals surface area contributed by atoms with Gasteiger partial charge < -0.3 is 5.32 Å². The quantitative estimate of drug-likeness (QED) is 0.883. The smallest absolute Gasteiger partial charge is 0.280 e. The molecule has 6 heteroatoms. The molecule has 1 heterocycles. The van der Waals surface area contributed by atoms with Crippen LogP contribution in [0.15, 0.2) is 18.2 Å². The minimum atomic E-state index is -2.70. The van der Waals surface area contributed by atoms with Crippen LogP contribution in [0, 0.1) is 5.82 Å². The molecule has 2 rings (SSSR count). The van der Waals surface area contributed by atoms with Gasteiger partial charge >= 0.3 is 0 Å². The van der Waals surface area contributed by atoms with Gasteiger partial charge in [-0.3, -0.25) is 0 Å². The van der Waals surface area contributed by atoms with Crippen molar-refractivity contribution in [3.8, 4) is 0 Å². The molecular weight excluding hydrogens is 253 g/mol. The van der Waals surface area contributed by atoms with Crippen molar-refractivity contribution in [1.29, 1.82) is 0 Å². The first-order chi connectivity index (χ1) is 8.02. The van der Waals surface area contributed by atoms with E-state index in [0.29, 0.717) is 11.1 Å². The number of rotatable bonds is 2. The molecule has 0 fully saturated rings. The molecule has 0 spiro atoms. The lowest BCUT2D eigenvalue weighted by atomic mass is 10.1. The number of hydrogen-bond donors (Lipinski definition) is 1. The molecule has 0 aliphatic carbocycles. The second kappa shape index (κ2) is 4.41. The highest BCUT2D eigenvalue weighted by Gasteiger charge is 2.15. The summed E-state index contributed by atoms with van der Waals surface area (Å²) in [5.74, 6) is -0.536. The topological polar surface area (TPSA) is 24.9 Å². The highest BCUT2D eigenvalue weighted by Crippen LogP contribution is 2.32. The third kappa shape index (κ3) is 2.15. The van der Waals surface area contributed by atoms with E-state index in [1.165, 1.54) is 12.1 Å². The van der Waals surface area contributed by atoms with Crippen LogP contribution >= 0.6 is 11.6 Å². The zero-order valence-electron chi connectivity index (χ0n) is 8.77. The van der Waals surface area contributed by atoms with Crippen molar-refractivity contribution < 1.29 is 13.2 Å². The third-order valence-corrected chi connectivity index (χ3v) is 2.63. The van der Waals surface area contributed by atoms with Gasteiger partial charge in [0.1, 0.15) is 11.5 Å². The first-order valence-electron chi connectivity index (χ1n) is 4.78. The first kappa shape index (κ1) is 12.0. The molecule has 0 saturated carbocycles. The zero-order valence-corrected chi connectivity index (χ0v) is 9.52. The van der Waals surface area contributed by atoms with E-state index < -0.39 is 17.9 Å². The summed E-state index contributed by atoms with van der Waals surface area (Å²) in [5.41, 5.74) is 0.136. The number of fused-ring (bicyclic) bond motifs is 1. The molecule has 2 aromatic rings. The number of hydrogen-bond acceptors (Lipinski definition) is 2. The Labute approximate surface area is 100 Å². The van der Waals surface area contributed by atoms with Crippen molar-refractivity contribution in [3.05, 3.63) is 34.7 Å². The normalized spacial score (nSPS) is 11.2. The molecule has 0 bridgehead atoms. The Morgan fingerprint density at radius 3 is 2.59 bits per heavy atom. The van der Waals surface area contributed by atoms with Crippen molar-refractivity contribution in [2.24, 2.45) is 0 Å². The molecular formula is C11H8ClF3N2. The highest BCUT2D eigenvalue weighted by molar-refractivity contribution is 6.35. The number of pyridine rings is 1. The molecule has 90 valence electrons. The lowest BCUT2D eigenvalue weighted by Gasteiger charge is -2.10. The lowest BCUT2D eigenvalue weighted by Crippen LogP contribution is -1.98. The second-order valence-corrected chi connectivity index (χ2v) is 3.84. The molecule has 0 radical (unpaired) electrons. The van der Waals surface area contributed by atoms with Crippen LogP contribution < -0.4 is 5.32 Å². The SMILES string of the molecule is CNc1cc(C(F)F)nc2c(Cl)cc(F)cc12. The van der Waals surface area contributed by atoms with E-state index in [1.807, 2.05) is 0 Å². The van der Waals surface area contributed by atoms with Crippen molar-refractivity contribution in [3.63, 3.8) is 0 Å². The Bertz CT molecular complexity index is 572. The van der Waals surface area contributed by atoms with Gasteiger partial charge in [-0.05, 0) is 18.2 Å². The summed E-state index contributed by atoms with van der Waals surface area (Å²) < 4.78 is 38.4. The fourth-order valence-electron chi connectivity index (χ4n) is 1.59. The fraction of sp³-hybridized carbons (Fsp3) is 0.182. The van der Waals surface area contributed by atoms with Crippen molar-refractivity contribution in [1.82, 2.24) is 4.98 Å². The molecule has 0 aliphatic rings. The van der Waals surface area contributed by atoms with Crippen LogP contribution in [0.4, 0.5) is 18.9 Å². The Kier molecular flexibility index (Phi) is 3.11. The second-order valence-electron chi connectivity index (χ2n) is 3.43. The van der Waals surface area contributed by atoms with E-state index in [9.17, 15) is 13.2 Å². The number of aromatic nitrogens is 1. The van der Waals surface area contributed by atoms with Crippen LogP contribution in [0.5, 0.6) is 0 Å². The monoisotopic (exact) mass is 260 g/mol. The van der Waals surface area contributed by atoms with Gasteiger partial charge in [0, 0.05) is 18.1 Å². The van der Waals surface area contributed by atoms with E-state index >= 15 is 0 Å². The average molecular weight is 261 g/mol. The Morgan fingerprint density at radius 2 is 2.00 bits per heavy atom. The van der Waals surface area contributed by atoms with Crippen LogP contribution in [-0.2, 0) is 0 Å².